The maximum absolute atomic E-state index is 12.4. The van der Waals surface area contributed by atoms with Crippen molar-refractivity contribution in [1.29, 1.82) is 0 Å². The molecule has 2 bridgehead atoms. The van der Waals surface area contributed by atoms with E-state index in [-0.39, 0.29) is 17.7 Å². The van der Waals surface area contributed by atoms with Gasteiger partial charge >= 0.3 is 0 Å². The molecule has 3 atom stereocenters. The Bertz CT molecular complexity index is 830. The highest BCUT2D eigenvalue weighted by Crippen LogP contribution is 2.43. The molecule has 4 rings (SSSR count). The summed E-state index contributed by atoms with van der Waals surface area (Å²) in [6.07, 6.45) is 9.72. The zero-order chi connectivity index (χ0) is 17.9. The summed E-state index contributed by atoms with van der Waals surface area (Å²) in [6, 6.07) is 10.9. The third-order valence-corrected chi connectivity index (χ3v) is 5.24. The highest BCUT2D eigenvalue weighted by molar-refractivity contribution is 6.04. The number of benzene rings is 1. The second-order valence-corrected chi connectivity index (χ2v) is 6.99. The maximum atomic E-state index is 12.4. The van der Waals surface area contributed by atoms with E-state index in [4.69, 9.17) is 0 Å². The molecule has 0 unspecified atom stereocenters. The molecule has 5 nitrogen and oxygen atoms in total. The number of pyridine rings is 1. The normalized spacial score (nSPS) is 23.0. The molecule has 1 aromatic heterocycles. The van der Waals surface area contributed by atoms with Crippen LogP contribution in [0.1, 0.15) is 28.8 Å². The van der Waals surface area contributed by atoms with Gasteiger partial charge in [-0.3, -0.25) is 14.6 Å². The number of rotatable bonds is 5. The molecule has 132 valence electrons. The number of amides is 2. The number of anilines is 1. The van der Waals surface area contributed by atoms with E-state index in [1.54, 1.807) is 24.5 Å². The van der Waals surface area contributed by atoms with Crippen LogP contribution in [0.2, 0.25) is 0 Å². The molecular weight excluding hydrogens is 326 g/mol. The topological polar surface area (TPSA) is 71.1 Å². The van der Waals surface area contributed by atoms with Gasteiger partial charge < -0.3 is 10.6 Å². The van der Waals surface area contributed by atoms with Gasteiger partial charge in [-0.05, 0) is 54.5 Å². The van der Waals surface area contributed by atoms with E-state index in [1.807, 2.05) is 24.3 Å². The van der Waals surface area contributed by atoms with Crippen LogP contribution >= 0.6 is 0 Å². The van der Waals surface area contributed by atoms with Crippen LogP contribution in [0.25, 0.3) is 0 Å². The molecule has 2 aliphatic carbocycles. The molecule has 0 spiro atoms. The van der Waals surface area contributed by atoms with Gasteiger partial charge in [-0.15, -0.1) is 0 Å². The molecular formula is C21H21N3O2. The lowest BCUT2D eigenvalue weighted by atomic mass is 9.93. The van der Waals surface area contributed by atoms with Crippen LogP contribution in [0.4, 0.5) is 5.69 Å². The Morgan fingerprint density at radius 2 is 1.77 bits per heavy atom. The van der Waals surface area contributed by atoms with Gasteiger partial charge in [-0.25, -0.2) is 0 Å². The first-order valence-corrected chi connectivity index (χ1v) is 8.95. The Morgan fingerprint density at radius 3 is 2.42 bits per heavy atom. The molecule has 1 aromatic carbocycles. The maximum Gasteiger partial charge on any atom is 0.255 e. The number of hydrogen-bond donors (Lipinski definition) is 2. The summed E-state index contributed by atoms with van der Waals surface area (Å²) in [4.78, 5) is 28.4. The average molecular weight is 347 g/mol. The van der Waals surface area contributed by atoms with Crippen molar-refractivity contribution in [1.82, 2.24) is 10.3 Å². The van der Waals surface area contributed by atoms with Crippen molar-refractivity contribution < 1.29 is 9.59 Å². The third-order valence-electron chi connectivity index (χ3n) is 5.24. The minimum atomic E-state index is -0.169. The van der Waals surface area contributed by atoms with Gasteiger partial charge in [0.1, 0.15) is 0 Å². The number of hydrogen-bond acceptors (Lipinski definition) is 3. The lowest BCUT2D eigenvalue weighted by Crippen LogP contribution is -2.32. The van der Waals surface area contributed by atoms with Crippen LogP contribution in [-0.4, -0.2) is 16.8 Å². The van der Waals surface area contributed by atoms with Gasteiger partial charge in [0, 0.05) is 36.1 Å². The molecule has 2 N–H and O–H groups in total. The summed E-state index contributed by atoms with van der Waals surface area (Å²) in [5.41, 5.74) is 2.30. The fourth-order valence-corrected chi connectivity index (χ4v) is 3.81. The summed E-state index contributed by atoms with van der Waals surface area (Å²) in [5, 5.41) is 5.90. The zero-order valence-corrected chi connectivity index (χ0v) is 14.4. The molecule has 5 heteroatoms. The number of fused-ring (bicyclic) bond motifs is 2. The third kappa shape index (κ3) is 3.52. The van der Waals surface area contributed by atoms with Gasteiger partial charge in [0.2, 0.25) is 5.91 Å². The number of allylic oxidation sites excluding steroid dienone is 2. The molecule has 2 aromatic rings. The van der Waals surface area contributed by atoms with E-state index in [9.17, 15) is 9.59 Å². The monoisotopic (exact) mass is 347 g/mol. The molecule has 0 aliphatic heterocycles. The molecule has 26 heavy (non-hydrogen) atoms. The molecule has 1 saturated carbocycles. The van der Waals surface area contributed by atoms with Crippen LogP contribution in [0.3, 0.4) is 0 Å². The van der Waals surface area contributed by atoms with E-state index in [2.05, 4.69) is 27.8 Å². The standard InChI is InChI=1S/C21H21N3O2/c25-20(16-7-9-22-10-8-16)24-18-5-2-14(3-6-18)13-23-21(26)19-12-15-1-4-17(19)11-15/h1-10,15,17,19H,11-13H2,(H,23,26)(H,24,25)/t15-,17-,19+/m0/s1. The molecule has 0 radical (unpaired) electrons. The Labute approximate surface area is 152 Å². The Kier molecular flexibility index (Phi) is 4.52. The minimum Gasteiger partial charge on any atom is -0.352 e. The van der Waals surface area contributed by atoms with Crippen molar-refractivity contribution in [2.45, 2.75) is 19.4 Å². The summed E-state index contributed by atoms with van der Waals surface area (Å²) in [5.74, 6) is 1.13. The van der Waals surface area contributed by atoms with Gasteiger partial charge in [-0.1, -0.05) is 24.3 Å². The summed E-state index contributed by atoms with van der Waals surface area (Å²) in [6.45, 7) is 0.509. The first kappa shape index (κ1) is 16.5. The number of carbonyl (C=O) groups excluding carboxylic acids is 2. The Balaban J connectivity index is 1.30. The van der Waals surface area contributed by atoms with Gasteiger partial charge in [0.15, 0.2) is 0 Å². The van der Waals surface area contributed by atoms with Crippen LogP contribution in [-0.2, 0) is 11.3 Å². The van der Waals surface area contributed by atoms with Crippen LogP contribution in [0.5, 0.6) is 0 Å². The lowest BCUT2D eigenvalue weighted by Gasteiger charge is -2.17. The predicted octanol–water partition coefficient (Wildman–Crippen LogP) is 3.16. The quantitative estimate of drug-likeness (QED) is 0.816. The van der Waals surface area contributed by atoms with Crippen LogP contribution in [0.15, 0.2) is 60.9 Å². The molecule has 0 saturated heterocycles. The van der Waals surface area contributed by atoms with Crippen LogP contribution in [0, 0.1) is 17.8 Å². The zero-order valence-electron chi connectivity index (χ0n) is 14.4. The second kappa shape index (κ2) is 7.12. The smallest absolute Gasteiger partial charge is 0.255 e. The number of carbonyl (C=O) groups is 2. The molecule has 2 aliphatic rings. The Morgan fingerprint density at radius 1 is 1.00 bits per heavy atom. The van der Waals surface area contributed by atoms with Gasteiger partial charge in [0.25, 0.3) is 5.91 Å². The Hall–Kier alpha value is -2.95. The van der Waals surface area contributed by atoms with Crippen molar-refractivity contribution >= 4 is 17.5 Å². The van der Waals surface area contributed by atoms with Crippen LogP contribution < -0.4 is 10.6 Å². The number of nitrogens with zero attached hydrogens (tertiary/aromatic N) is 1. The lowest BCUT2D eigenvalue weighted by molar-refractivity contribution is -0.125. The first-order chi connectivity index (χ1) is 12.7. The van der Waals surface area contributed by atoms with Gasteiger partial charge in [-0.2, -0.15) is 0 Å². The molecule has 1 heterocycles. The fourth-order valence-electron chi connectivity index (χ4n) is 3.81. The first-order valence-electron chi connectivity index (χ1n) is 8.95. The van der Waals surface area contributed by atoms with E-state index < -0.39 is 0 Å². The molecule has 2 amide bonds. The van der Waals surface area contributed by atoms with E-state index in [1.165, 1.54) is 0 Å². The summed E-state index contributed by atoms with van der Waals surface area (Å²) >= 11 is 0. The van der Waals surface area contributed by atoms with E-state index in [0.29, 0.717) is 23.9 Å². The predicted molar refractivity (Wildman–Crippen MR) is 99.3 cm³/mol. The number of aromatic nitrogens is 1. The highest BCUT2D eigenvalue weighted by atomic mass is 16.2. The average Bonchev–Trinajstić information content (AvgIpc) is 3.31. The minimum absolute atomic E-state index is 0.129. The van der Waals surface area contributed by atoms with E-state index >= 15 is 0 Å². The van der Waals surface area contributed by atoms with Crippen molar-refractivity contribution in [3.8, 4) is 0 Å². The summed E-state index contributed by atoms with van der Waals surface area (Å²) < 4.78 is 0. The van der Waals surface area contributed by atoms with Gasteiger partial charge in [0.05, 0.1) is 0 Å². The highest BCUT2D eigenvalue weighted by Gasteiger charge is 2.39. The van der Waals surface area contributed by atoms with Crippen molar-refractivity contribution in [2.24, 2.45) is 17.8 Å². The number of nitrogens with one attached hydrogen (secondary N) is 2. The fraction of sp³-hybridized carbons (Fsp3) is 0.286. The second-order valence-electron chi connectivity index (χ2n) is 6.99. The van der Waals surface area contributed by atoms with Crippen molar-refractivity contribution in [3.63, 3.8) is 0 Å². The van der Waals surface area contributed by atoms with Crippen molar-refractivity contribution in [2.75, 3.05) is 5.32 Å². The van der Waals surface area contributed by atoms with Crippen molar-refractivity contribution in [3.05, 3.63) is 72.1 Å². The summed E-state index contributed by atoms with van der Waals surface area (Å²) in [7, 11) is 0. The van der Waals surface area contributed by atoms with E-state index in [0.717, 1.165) is 24.1 Å². The largest absolute Gasteiger partial charge is 0.352 e. The SMILES string of the molecule is O=C(Nc1ccc(CNC(=O)[C@@H]2C[C@H]3C=C[C@H]2C3)cc1)c1ccncc1. The molecule has 1 fully saturated rings.